The van der Waals surface area contributed by atoms with E-state index in [1.165, 1.54) is 25.3 Å². The number of aromatic hydroxyl groups is 1. The van der Waals surface area contributed by atoms with Crippen molar-refractivity contribution in [3.8, 4) is 11.5 Å². The van der Waals surface area contributed by atoms with Gasteiger partial charge in [-0.25, -0.2) is 4.79 Å². The third-order valence-electron chi connectivity index (χ3n) is 2.67. The number of amides is 1. The number of rotatable bonds is 5. The molecule has 0 aliphatic carbocycles. The van der Waals surface area contributed by atoms with Crippen LogP contribution in [0.1, 0.15) is 24.2 Å². The zero-order chi connectivity index (χ0) is 14.6. The summed E-state index contributed by atoms with van der Waals surface area (Å²) in [5.41, 5.74) is 0.00713. The number of hydrogen-bond acceptors (Lipinski definition) is 4. The molecule has 6 heteroatoms. The van der Waals surface area contributed by atoms with Crippen molar-refractivity contribution in [3.63, 3.8) is 0 Å². The number of aliphatic carboxylic acids is 1. The normalized spacial score (nSPS) is 12.0. The first kappa shape index (κ1) is 14.8. The lowest BCUT2D eigenvalue weighted by atomic mass is 10.0. The lowest BCUT2D eigenvalue weighted by molar-refractivity contribution is -0.140. The van der Waals surface area contributed by atoms with Gasteiger partial charge in [0.15, 0.2) is 0 Å². The number of methoxy groups -OCH3 is 1. The van der Waals surface area contributed by atoms with Crippen LogP contribution in [-0.4, -0.2) is 35.2 Å². The van der Waals surface area contributed by atoms with E-state index >= 15 is 0 Å². The van der Waals surface area contributed by atoms with Crippen LogP contribution in [0.5, 0.6) is 11.5 Å². The van der Waals surface area contributed by atoms with Gasteiger partial charge in [0.2, 0.25) is 0 Å². The average molecular weight is 267 g/mol. The van der Waals surface area contributed by atoms with Crippen molar-refractivity contribution in [2.24, 2.45) is 5.92 Å². The predicted octanol–water partition coefficient (Wildman–Crippen LogP) is 1.24. The van der Waals surface area contributed by atoms with E-state index in [9.17, 15) is 14.7 Å². The molecule has 0 aliphatic rings. The molecular weight excluding hydrogens is 250 g/mol. The van der Waals surface area contributed by atoms with Gasteiger partial charge in [-0.05, 0) is 18.1 Å². The molecule has 0 unspecified atom stereocenters. The van der Waals surface area contributed by atoms with Gasteiger partial charge in [-0.3, -0.25) is 4.79 Å². The topological polar surface area (TPSA) is 95.9 Å². The summed E-state index contributed by atoms with van der Waals surface area (Å²) in [6, 6.07) is 3.18. The van der Waals surface area contributed by atoms with Gasteiger partial charge in [0, 0.05) is 6.07 Å². The number of carbonyl (C=O) groups excluding carboxylic acids is 1. The zero-order valence-electron chi connectivity index (χ0n) is 11.0. The van der Waals surface area contributed by atoms with Crippen molar-refractivity contribution in [2.75, 3.05) is 7.11 Å². The van der Waals surface area contributed by atoms with Gasteiger partial charge in [0.1, 0.15) is 17.5 Å². The van der Waals surface area contributed by atoms with E-state index < -0.39 is 17.9 Å². The van der Waals surface area contributed by atoms with Crippen molar-refractivity contribution in [3.05, 3.63) is 23.8 Å². The highest BCUT2D eigenvalue weighted by Crippen LogP contribution is 2.23. The summed E-state index contributed by atoms with van der Waals surface area (Å²) < 4.78 is 4.90. The van der Waals surface area contributed by atoms with Gasteiger partial charge in [0.25, 0.3) is 5.91 Å². The number of carboxylic acids is 1. The summed E-state index contributed by atoms with van der Waals surface area (Å²) in [6.07, 6.45) is 0. The Morgan fingerprint density at radius 1 is 1.32 bits per heavy atom. The SMILES string of the molecule is COc1ccc(C(=O)N[C@H](C(=O)O)C(C)C)c(O)c1. The van der Waals surface area contributed by atoms with Crippen molar-refractivity contribution in [1.82, 2.24) is 5.32 Å². The molecule has 1 rings (SSSR count). The third kappa shape index (κ3) is 3.61. The fourth-order valence-corrected chi connectivity index (χ4v) is 1.56. The van der Waals surface area contributed by atoms with Gasteiger partial charge in [0.05, 0.1) is 12.7 Å². The molecule has 0 aromatic heterocycles. The van der Waals surface area contributed by atoms with Crippen LogP contribution in [-0.2, 0) is 4.79 Å². The number of nitrogens with one attached hydrogen (secondary N) is 1. The molecule has 0 heterocycles. The molecule has 0 saturated heterocycles. The highest BCUT2D eigenvalue weighted by molar-refractivity contribution is 5.99. The Morgan fingerprint density at radius 2 is 1.95 bits per heavy atom. The van der Waals surface area contributed by atoms with E-state index in [2.05, 4.69) is 5.32 Å². The molecule has 0 bridgehead atoms. The Hall–Kier alpha value is -2.24. The molecule has 0 saturated carbocycles. The molecule has 0 radical (unpaired) electrons. The summed E-state index contributed by atoms with van der Waals surface area (Å²) in [6.45, 7) is 3.37. The fraction of sp³-hybridized carbons (Fsp3) is 0.385. The van der Waals surface area contributed by atoms with Crippen molar-refractivity contribution < 1.29 is 24.5 Å². The number of carboxylic acid groups (broad SMARTS) is 1. The number of benzene rings is 1. The van der Waals surface area contributed by atoms with Crippen LogP contribution in [0.4, 0.5) is 0 Å². The Bertz CT molecular complexity index is 484. The van der Waals surface area contributed by atoms with Crippen LogP contribution in [0.3, 0.4) is 0 Å². The largest absolute Gasteiger partial charge is 0.507 e. The lowest BCUT2D eigenvalue weighted by Gasteiger charge is -2.18. The first-order valence-electron chi connectivity index (χ1n) is 5.77. The molecule has 19 heavy (non-hydrogen) atoms. The van der Waals surface area contributed by atoms with Crippen LogP contribution >= 0.6 is 0 Å². The number of phenols is 1. The predicted molar refractivity (Wildman–Crippen MR) is 68.4 cm³/mol. The summed E-state index contributed by atoms with van der Waals surface area (Å²) in [4.78, 5) is 22.9. The Balaban J connectivity index is 2.91. The fourth-order valence-electron chi connectivity index (χ4n) is 1.56. The average Bonchev–Trinajstić information content (AvgIpc) is 2.34. The Kier molecular flexibility index (Phi) is 4.74. The Morgan fingerprint density at radius 3 is 2.37 bits per heavy atom. The van der Waals surface area contributed by atoms with Gasteiger partial charge in [-0.1, -0.05) is 13.8 Å². The maximum absolute atomic E-state index is 11.9. The van der Waals surface area contributed by atoms with Crippen LogP contribution in [0.25, 0.3) is 0 Å². The second-order valence-corrected chi connectivity index (χ2v) is 4.42. The van der Waals surface area contributed by atoms with Gasteiger partial charge < -0.3 is 20.3 Å². The van der Waals surface area contributed by atoms with Gasteiger partial charge in [-0.15, -0.1) is 0 Å². The van der Waals surface area contributed by atoms with E-state index in [-0.39, 0.29) is 17.2 Å². The second-order valence-electron chi connectivity index (χ2n) is 4.42. The molecule has 104 valence electrons. The molecule has 1 amide bonds. The number of ether oxygens (including phenoxy) is 1. The minimum atomic E-state index is -1.11. The van der Waals surface area contributed by atoms with E-state index in [1.54, 1.807) is 13.8 Å². The van der Waals surface area contributed by atoms with E-state index in [0.29, 0.717) is 5.75 Å². The summed E-state index contributed by atoms with van der Waals surface area (Å²) >= 11 is 0. The molecule has 1 aromatic rings. The molecule has 0 aliphatic heterocycles. The molecule has 1 atom stereocenters. The lowest BCUT2D eigenvalue weighted by Crippen LogP contribution is -2.44. The first-order chi connectivity index (χ1) is 8.86. The molecular formula is C13H17NO5. The molecule has 3 N–H and O–H groups in total. The molecule has 1 aromatic carbocycles. The van der Waals surface area contributed by atoms with Gasteiger partial charge >= 0.3 is 5.97 Å². The standard InChI is InChI=1S/C13H17NO5/c1-7(2)11(13(17)18)14-12(16)9-5-4-8(19-3)6-10(9)15/h4-7,11,15H,1-3H3,(H,14,16)(H,17,18)/t11-/m0/s1. The summed E-state index contributed by atoms with van der Waals surface area (Å²) in [5, 5.41) is 21.1. The smallest absolute Gasteiger partial charge is 0.326 e. The van der Waals surface area contributed by atoms with E-state index in [0.717, 1.165) is 0 Å². The van der Waals surface area contributed by atoms with Crippen molar-refractivity contribution in [2.45, 2.75) is 19.9 Å². The van der Waals surface area contributed by atoms with E-state index in [4.69, 9.17) is 9.84 Å². The summed E-state index contributed by atoms with van der Waals surface area (Å²) in [7, 11) is 1.44. The molecule has 0 fully saturated rings. The first-order valence-corrected chi connectivity index (χ1v) is 5.77. The minimum Gasteiger partial charge on any atom is -0.507 e. The Labute approximate surface area is 111 Å². The van der Waals surface area contributed by atoms with E-state index in [1.807, 2.05) is 0 Å². The summed E-state index contributed by atoms with van der Waals surface area (Å²) in [5.74, 6) is -1.86. The van der Waals surface area contributed by atoms with Crippen LogP contribution in [0.15, 0.2) is 18.2 Å². The molecule has 6 nitrogen and oxygen atoms in total. The highest BCUT2D eigenvalue weighted by Gasteiger charge is 2.25. The minimum absolute atomic E-state index is 0.00713. The quantitative estimate of drug-likeness (QED) is 0.746. The van der Waals surface area contributed by atoms with Crippen molar-refractivity contribution in [1.29, 1.82) is 0 Å². The highest BCUT2D eigenvalue weighted by atomic mass is 16.5. The number of hydrogen-bond donors (Lipinski definition) is 3. The number of carbonyl (C=O) groups is 2. The maximum atomic E-state index is 11.9. The second kappa shape index (κ2) is 6.08. The maximum Gasteiger partial charge on any atom is 0.326 e. The monoisotopic (exact) mass is 267 g/mol. The van der Waals surface area contributed by atoms with Crippen molar-refractivity contribution >= 4 is 11.9 Å². The van der Waals surface area contributed by atoms with Crippen LogP contribution < -0.4 is 10.1 Å². The molecule has 0 spiro atoms. The zero-order valence-corrected chi connectivity index (χ0v) is 11.0. The third-order valence-corrected chi connectivity index (χ3v) is 2.67. The van der Waals surface area contributed by atoms with Gasteiger partial charge in [-0.2, -0.15) is 0 Å². The van der Waals surface area contributed by atoms with Crippen LogP contribution in [0, 0.1) is 5.92 Å². The number of phenolic OH excluding ortho intramolecular Hbond substituents is 1. The van der Waals surface area contributed by atoms with Crippen LogP contribution in [0.2, 0.25) is 0 Å².